The minimum absolute atomic E-state index is 0.0161. The van der Waals surface area contributed by atoms with Crippen LogP contribution in [0.4, 0.5) is 11.4 Å². The molecule has 2 saturated heterocycles. The number of benzene rings is 2. The predicted octanol–water partition coefficient (Wildman–Crippen LogP) is 4.30. The van der Waals surface area contributed by atoms with Crippen molar-refractivity contribution in [2.45, 2.75) is 45.1 Å². The Labute approximate surface area is 224 Å². The lowest BCUT2D eigenvalue weighted by molar-refractivity contribution is -0.124. The third-order valence-corrected chi connectivity index (χ3v) is 7.22. The van der Waals surface area contributed by atoms with Gasteiger partial charge in [-0.1, -0.05) is 6.42 Å². The van der Waals surface area contributed by atoms with Crippen LogP contribution in [0, 0.1) is 0 Å². The maximum Gasteiger partial charge on any atom is 0.256 e. The standard InChI is InChI=1S/C28H36N4O4S/c1-3-36-24-14-10-22(11-15-24)32-27(34)25(20-26(33)29-21-8-12-23(35-2)13-9-21)31(28(32)37)19-7-18-30-16-5-4-6-17-30/h8-15,25H,3-7,16-20H2,1-2H3,(H,29,33)/t25-/m0/s1. The van der Waals surface area contributed by atoms with Crippen molar-refractivity contribution in [3.63, 3.8) is 0 Å². The Morgan fingerprint density at radius 1 is 1.00 bits per heavy atom. The van der Waals surface area contributed by atoms with Crippen molar-refractivity contribution in [1.82, 2.24) is 9.80 Å². The maximum absolute atomic E-state index is 13.6. The Morgan fingerprint density at radius 2 is 1.68 bits per heavy atom. The summed E-state index contributed by atoms with van der Waals surface area (Å²) >= 11 is 5.80. The number of hydrogen-bond acceptors (Lipinski definition) is 6. The largest absolute Gasteiger partial charge is 0.497 e. The second-order valence-corrected chi connectivity index (χ2v) is 9.69. The van der Waals surface area contributed by atoms with Crippen molar-refractivity contribution in [2.24, 2.45) is 0 Å². The van der Waals surface area contributed by atoms with E-state index in [1.807, 2.05) is 36.1 Å². The molecule has 1 atom stereocenters. The van der Waals surface area contributed by atoms with Crippen molar-refractivity contribution in [2.75, 3.05) is 50.1 Å². The summed E-state index contributed by atoms with van der Waals surface area (Å²) < 4.78 is 10.7. The van der Waals surface area contributed by atoms with E-state index in [4.69, 9.17) is 21.7 Å². The number of methoxy groups -OCH3 is 1. The van der Waals surface area contributed by atoms with Crippen LogP contribution in [0.1, 0.15) is 39.0 Å². The van der Waals surface area contributed by atoms with Crippen LogP contribution in [0.2, 0.25) is 0 Å². The fourth-order valence-electron chi connectivity index (χ4n) is 4.89. The molecule has 198 valence electrons. The summed E-state index contributed by atoms with van der Waals surface area (Å²) in [7, 11) is 1.60. The van der Waals surface area contributed by atoms with Crippen molar-refractivity contribution >= 4 is 40.5 Å². The molecule has 2 aliphatic heterocycles. The Kier molecular flexibility index (Phi) is 9.35. The first-order chi connectivity index (χ1) is 18.0. The number of carbonyl (C=O) groups excluding carboxylic acids is 2. The van der Waals surface area contributed by atoms with Crippen LogP contribution < -0.4 is 19.7 Å². The molecule has 8 nitrogen and oxygen atoms in total. The number of hydrogen-bond donors (Lipinski definition) is 1. The monoisotopic (exact) mass is 524 g/mol. The molecule has 1 N–H and O–H groups in total. The second-order valence-electron chi connectivity index (χ2n) is 9.33. The quantitative estimate of drug-likeness (QED) is 0.440. The van der Waals surface area contributed by atoms with Gasteiger partial charge in [-0.2, -0.15) is 0 Å². The maximum atomic E-state index is 13.6. The minimum Gasteiger partial charge on any atom is -0.497 e. The van der Waals surface area contributed by atoms with Crippen molar-refractivity contribution < 1.29 is 19.1 Å². The average Bonchev–Trinajstić information content (AvgIpc) is 3.14. The number of likely N-dealkylation sites (tertiary alicyclic amines) is 1. The summed E-state index contributed by atoms with van der Waals surface area (Å²) in [5.74, 6) is 1.02. The molecular formula is C28H36N4O4S. The van der Waals surface area contributed by atoms with Crippen molar-refractivity contribution in [3.8, 4) is 11.5 Å². The van der Waals surface area contributed by atoms with Crippen LogP contribution >= 0.6 is 12.2 Å². The highest BCUT2D eigenvalue weighted by molar-refractivity contribution is 7.80. The van der Waals surface area contributed by atoms with Crippen molar-refractivity contribution in [3.05, 3.63) is 48.5 Å². The minimum atomic E-state index is -0.654. The molecule has 2 aromatic carbocycles. The Bertz CT molecular complexity index is 1070. The van der Waals surface area contributed by atoms with Gasteiger partial charge in [0.2, 0.25) is 5.91 Å². The summed E-state index contributed by atoms with van der Waals surface area (Å²) in [6, 6.07) is 13.8. The lowest BCUT2D eigenvalue weighted by Gasteiger charge is -2.28. The van der Waals surface area contributed by atoms with Gasteiger partial charge in [0.15, 0.2) is 5.11 Å². The van der Waals surface area contributed by atoms with Gasteiger partial charge >= 0.3 is 0 Å². The number of amides is 2. The van der Waals surface area contributed by atoms with E-state index in [-0.39, 0.29) is 18.2 Å². The van der Waals surface area contributed by atoms with Crippen LogP contribution in [0.5, 0.6) is 11.5 Å². The number of carbonyl (C=O) groups is 2. The van der Waals surface area contributed by atoms with Gasteiger partial charge in [0, 0.05) is 12.2 Å². The molecule has 2 aromatic rings. The first kappa shape index (κ1) is 26.9. The number of nitrogens with zero attached hydrogens (tertiary/aromatic N) is 3. The lowest BCUT2D eigenvalue weighted by Crippen LogP contribution is -2.40. The van der Waals surface area contributed by atoms with E-state index in [1.165, 1.54) is 19.3 Å². The Hall–Kier alpha value is -3.17. The van der Waals surface area contributed by atoms with Gasteiger partial charge in [0.05, 0.1) is 25.8 Å². The van der Waals surface area contributed by atoms with E-state index in [1.54, 1.807) is 36.3 Å². The van der Waals surface area contributed by atoms with Gasteiger partial charge in [0.1, 0.15) is 17.5 Å². The molecule has 9 heteroatoms. The van der Waals surface area contributed by atoms with Gasteiger partial charge < -0.3 is 24.6 Å². The Balaban J connectivity index is 1.47. The van der Waals surface area contributed by atoms with Crippen LogP contribution in [0.3, 0.4) is 0 Å². The summed E-state index contributed by atoms with van der Waals surface area (Å²) in [5.41, 5.74) is 1.33. The zero-order chi connectivity index (χ0) is 26.2. The van der Waals surface area contributed by atoms with E-state index in [0.29, 0.717) is 35.4 Å². The molecule has 0 saturated carbocycles. The highest BCUT2D eigenvalue weighted by atomic mass is 32.1. The molecule has 2 fully saturated rings. The molecule has 0 aromatic heterocycles. The first-order valence-corrected chi connectivity index (χ1v) is 13.4. The molecule has 37 heavy (non-hydrogen) atoms. The predicted molar refractivity (Wildman–Crippen MR) is 149 cm³/mol. The van der Waals surface area contributed by atoms with Crippen LogP contribution in [0.15, 0.2) is 48.5 Å². The molecule has 2 heterocycles. The van der Waals surface area contributed by atoms with Crippen LogP contribution in [-0.2, 0) is 9.59 Å². The fraction of sp³-hybridized carbons (Fsp3) is 0.464. The highest BCUT2D eigenvalue weighted by Gasteiger charge is 2.43. The normalized spacial score (nSPS) is 18.3. The van der Waals surface area contributed by atoms with E-state index < -0.39 is 6.04 Å². The number of rotatable bonds is 11. The molecule has 4 rings (SSSR count). The van der Waals surface area contributed by atoms with E-state index in [0.717, 1.165) is 31.8 Å². The van der Waals surface area contributed by atoms with E-state index in [2.05, 4.69) is 10.2 Å². The molecule has 2 amide bonds. The number of ether oxygens (including phenoxy) is 2. The molecule has 0 aliphatic carbocycles. The van der Waals surface area contributed by atoms with Gasteiger partial charge in [-0.05, 0) is 107 Å². The van der Waals surface area contributed by atoms with Gasteiger partial charge in [0.25, 0.3) is 5.91 Å². The number of nitrogens with one attached hydrogen (secondary N) is 1. The van der Waals surface area contributed by atoms with Crippen molar-refractivity contribution in [1.29, 1.82) is 0 Å². The highest BCUT2D eigenvalue weighted by Crippen LogP contribution is 2.29. The van der Waals surface area contributed by atoms with Gasteiger partial charge in [-0.3, -0.25) is 14.5 Å². The fourth-order valence-corrected chi connectivity index (χ4v) is 5.31. The topological polar surface area (TPSA) is 74.3 Å². The molecule has 0 unspecified atom stereocenters. The third kappa shape index (κ3) is 6.78. The molecule has 2 aliphatic rings. The SMILES string of the molecule is CCOc1ccc(N2C(=O)[C@H](CC(=O)Nc3ccc(OC)cc3)N(CCCN3CCCCC3)C2=S)cc1. The zero-order valence-electron chi connectivity index (χ0n) is 21.7. The van der Waals surface area contributed by atoms with Crippen LogP contribution in [-0.4, -0.2) is 72.7 Å². The number of anilines is 2. The van der Waals surface area contributed by atoms with E-state index >= 15 is 0 Å². The molecule has 0 bridgehead atoms. The van der Waals surface area contributed by atoms with Gasteiger partial charge in [-0.15, -0.1) is 0 Å². The number of thiocarbonyl (C=S) groups is 1. The average molecular weight is 525 g/mol. The van der Waals surface area contributed by atoms with Crippen LogP contribution in [0.25, 0.3) is 0 Å². The van der Waals surface area contributed by atoms with E-state index in [9.17, 15) is 9.59 Å². The lowest BCUT2D eigenvalue weighted by atomic mass is 10.1. The molecular weight excluding hydrogens is 488 g/mol. The number of piperidine rings is 1. The summed E-state index contributed by atoms with van der Waals surface area (Å²) in [4.78, 5) is 32.6. The summed E-state index contributed by atoms with van der Waals surface area (Å²) in [5, 5.41) is 3.34. The molecule has 0 spiro atoms. The first-order valence-electron chi connectivity index (χ1n) is 13.0. The molecule has 0 radical (unpaired) electrons. The van der Waals surface area contributed by atoms with Gasteiger partial charge in [-0.25, -0.2) is 0 Å². The summed E-state index contributed by atoms with van der Waals surface area (Å²) in [6.45, 7) is 6.31. The second kappa shape index (κ2) is 12.9. The smallest absolute Gasteiger partial charge is 0.256 e. The summed E-state index contributed by atoms with van der Waals surface area (Å²) in [6.07, 6.45) is 4.66. The zero-order valence-corrected chi connectivity index (χ0v) is 22.5. The Morgan fingerprint density at radius 3 is 2.32 bits per heavy atom. The third-order valence-electron chi connectivity index (χ3n) is 6.80.